The number of amides is 1. The molecule has 10 heteroatoms. The van der Waals surface area contributed by atoms with E-state index in [2.05, 4.69) is 14.8 Å². The van der Waals surface area contributed by atoms with Crippen LogP contribution in [0.5, 0.6) is 0 Å². The lowest BCUT2D eigenvalue weighted by Gasteiger charge is -2.17. The van der Waals surface area contributed by atoms with E-state index in [4.69, 9.17) is 0 Å². The molecule has 2 rings (SSSR count). The van der Waals surface area contributed by atoms with Gasteiger partial charge < -0.3 is 4.90 Å². The zero-order valence-electron chi connectivity index (χ0n) is 12.3. The van der Waals surface area contributed by atoms with Gasteiger partial charge in [-0.3, -0.25) is 0 Å². The fraction of sp³-hybridized carbons (Fsp3) is 0.417. The zero-order valence-corrected chi connectivity index (χ0v) is 13.9. The van der Waals surface area contributed by atoms with Crippen molar-refractivity contribution in [2.24, 2.45) is 0 Å². The molecule has 2 aromatic heterocycles. The van der Waals surface area contributed by atoms with Crippen LogP contribution in [0.4, 0.5) is 4.79 Å². The van der Waals surface area contributed by atoms with E-state index in [1.165, 1.54) is 16.2 Å². The van der Waals surface area contributed by atoms with Gasteiger partial charge in [-0.25, -0.2) is 22.9 Å². The van der Waals surface area contributed by atoms with Crippen molar-refractivity contribution in [3.8, 4) is 0 Å². The Balaban J connectivity index is 2.11. The van der Waals surface area contributed by atoms with Crippen LogP contribution in [0.25, 0.3) is 0 Å². The highest BCUT2D eigenvalue weighted by Gasteiger charge is 2.22. The van der Waals surface area contributed by atoms with E-state index in [-0.39, 0.29) is 6.54 Å². The fourth-order valence-electron chi connectivity index (χ4n) is 1.75. The first-order valence-corrected chi connectivity index (χ1v) is 9.07. The first-order chi connectivity index (χ1) is 10.5. The van der Waals surface area contributed by atoms with Crippen LogP contribution in [0, 0.1) is 0 Å². The number of thiophene rings is 1. The molecule has 0 aliphatic carbocycles. The quantitative estimate of drug-likeness (QED) is 0.848. The Labute approximate surface area is 132 Å². The molecule has 22 heavy (non-hydrogen) atoms. The van der Waals surface area contributed by atoms with Crippen molar-refractivity contribution in [3.63, 3.8) is 0 Å². The smallest absolute Gasteiger partial charge is 0.323 e. The number of carbonyl (C=O) groups is 1. The summed E-state index contributed by atoms with van der Waals surface area (Å²) in [6, 6.07) is 3.25. The molecule has 0 aliphatic heterocycles. The molecular weight excluding hydrogens is 326 g/mol. The van der Waals surface area contributed by atoms with Crippen molar-refractivity contribution >= 4 is 27.4 Å². The highest BCUT2D eigenvalue weighted by molar-refractivity contribution is 7.89. The molecule has 120 valence electrons. The molecule has 0 radical (unpaired) electrons. The van der Waals surface area contributed by atoms with Crippen LogP contribution < -0.4 is 4.72 Å². The molecule has 0 aliphatic rings. The van der Waals surface area contributed by atoms with Gasteiger partial charge >= 0.3 is 6.03 Å². The van der Waals surface area contributed by atoms with E-state index in [0.717, 1.165) is 15.9 Å². The molecule has 0 saturated carbocycles. The second kappa shape index (κ2) is 6.99. The predicted octanol–water partition coefficient (Wildman–Crippen LogP) is 1.13. The molecule has 0 spiro atoms. The van der Waals surface area contributed by atoms with Crippen LogP contribution in [0.2, 0.25) is 0 Å². The molecule has 0 fully saturated rings. The average Bonchev–Trinajstić information content (AvgIpc) is 3.18. The van der Waals surface area contributed by atoms with E-state index in [1.54, 1.807) is 0 Å². The lowest BCUT2D eigenvalue weighted by Crippen LogP contribution is -2.34. The van der Waals surface area contributed by atoms with Gasteiger partial charge in [-0.2, -0.15) is 4.68 Å². The van der Waals surface area contributed by atoms with E-state index >= 15 is 0 Å². The average molecular weight is 343 g/mol. The number of sulfonamides is 1. The monoisotopic (exact) mass is 343 g/mol. The van der Waals surface area contributed by atoms with Gasteiger partial charge in [0.15, 0.2) is 0 Å². The van der Waals surface area contributed by atoms with Gasteiger partial charge in [0.05, 0.1) is 0 Å². The van der Waals surface area contributed by atoms with Crippen LogP contribution in [-0.4, -0.2) is 47.2 Å². The third-order valence-electron chi connectivity index (χ3n) is 2.96. The summed E-state index contributed by atoms with van der Waals surface area (Å²) >= 11 is 1.45. The van der Waals surface area contributed by atoms with Gasteiger partial charge in [0.1, 0.15) is 6.33 Å². The van der Waals surface area contributed by atoms with Gasteiger partial charge in [0, 0.05) is 24.5 Å². The molecule has 0 atom stereocenters. The van der Waals surface area contributed by atoms with Crippen LogP contribution in [0.15, 0.2) is 29.0 Å². The summed E-state index contributed by atoms with van der Waals surface area (Å²) in [7, 11) is -3.85. The lowest BCUT2D eigenvalue weighted by atomic mass is 10.5. The Morgan fingerprint density at radius 3 is 2.73 bits per heavy atom. The van der Waals surface area contributed by atoms with Crippen LogP contribution in [0.3, 0.4) is 0 Å². The van der Waals surface area contributed by atoms with Crippen molar-refractivity contribution in [1.29, 1.82) is 0 Å². The molecule has 1 N–H and O–H groups in total. The topological polar surface area (TPSA) is 97.2 Å². The van der Waals surface area contributed by atoms with Gasteiger partial charge in [-0.05, 0) is 25.3 Å². The number of rotatable bonds is 6. The Bertz CT molecular complexity index is 720. The minimum absolute atomic E-state index is 0.165. The third-order valence-corrected chi connectivity index (χ3v) is 5.03. The molecule has 0 aromatic carbocycles. The Hall–Kier alpha value is -1.78. The lowest BCUT2D eigenvalue weighted by molar-refractivity contribution is 0.201. The summed E-state index contributed by atoms with van der Waals surface area (Å²) in [4.78, 5) is 18.2. The third kappa shape index (κ3) is 3.70. The van der Waals surface area contributed by atoms with Crippen LogP contribution >= 0.6 is 11.3 Å². The number of hydrogen-bond donors (Lipinski definition) is 1. The first kappa shape index (κ1) is 16.6. The summed E-state index contributed by atoms with van der Waals surface area (Å²) in [5.41, 5.74) is 0. The summed E-state index contributed by atoms with van der Waals surface area (Å²) in [5, 5.41) is 5.21. The van der Waals surface area contributed by atoms with Crippen molar-refractivity contribution in [2.75, 3.05) is 13.1 Å². The molecular formula is C12H17N5O3S2. The van der Waals surface area contributed by atoms with Gasteiger partial charge in [-0.15, -0.1) is 16.4 Å². The highest BCUT2D eigenvalue weighted by atomic mass is 32.2. The normalized spacial score (nSPS) is 11.5. The second-order valence-electron chi connectivity index (χ2n) is 4.33. The summed E-state index contributed by atoms with van der Waals surface area (Å²) < 4.78 is 27.5. The molecule has 1 amide bonds. The van der Waals surface area contributed by atoms with Crippen LogP contribution in [-0.2, 0) is 16.6 Å². The van der Waals surface area contributed by atoms with Crippen molar-refractivity contribution in [3.05, 3.63) is 28.7 Å². The van der Waals surface area contributed by atoms with Crippen molar-refractivity contribution in [1.82, 2.24) is 24.4 Å². The largest absolute Gasteiger partial charge is 0.346 e. The standard InChI is InChI=1S/C12H17N5O3S2/c1-3-16(4-2)12(18)17-9-13-11(15-17)22(19,20)14-8-10-6-5-7-21-10/h5-7,9,14H,3-4,8H2,1-2H3. The van der Waals surface area contributed by atoms with E-state index < -0.39 is 21.2 Å². The minimum atomic E-state index is -3.85. The molecule has 0 unspecified atom stereocenters. The summed E-state index contributed by atoms with van der Waals surface area (Å²) in [5.74, 6) is 0. The number of nitrogens with one attached hydrogen (secondary N) is 1. The maximum absolute atomic E-state index is 12.1. The molecule has 0 bridgehead atoms. The fourth-order valence-corrected chi connectivity index (χ4v) is 3.34. The van der Waals surface area contributed by atoms with Crippen LogP contribution in [0.1, 0.15) is 18.7 Å². The van der Waals surface area contributed by atoms with E-state index in [1.807, 2.05) is 31.4 Å². The summed E-state index contributed by atoms with van der Waals surface area (Å²) in [6.07, 6.45) is 1.11. The van der Waals surface area contributed by atoms with Gasteiger partial charge in [-0.1, -0.05) is 6.07 Å². The van der Waals surface area contributed by atoms with Gasteiger partial charge in [0.2, 0.25) is 0 Å². The number of aromatic nitrogens is 3. The SMILES string of the molecule is CCN(CC)C(=O)n1cnc(S(=O)(=O)NCc2cccs2)n1. The van der Waals surface area contributed by atoms with E-state index in [0.29, 0.717) is 13.1 Å². The molecule has 2 aromatic rings. The van der Waals surface area contributed by atoms with Crippen molar-refractivity contribution < 1.29 is 13.2 Å². The Kier molecular flexibility index (Phi) is 5.27. The number of hydrogen-bond acceptors (Lipinski definition) is 6. The molecule has 0 saturated heterocycles. The minimum Gasteiger partial charge on any atom is -0.323 e. The maximum atomic E-state index is 12.1. The Morgan fingerprint density at radius 1 is 1.41 bits per heavy atom. The first-order valence-electron chi connectivity index (χ1n) is 6.71. The van der Waals surface area contributed by atoms with Gasteiger partial charge in [0.25, 0.3) is 15.2 Å². The molecule has 2 heterocycles. The highest BCUT2D eigenvalue weighted by Crippen LogP contribution is 2.09. The maximum Gasteiger partial charge on any atom is 0.346 e. The van der Waals surface area contributed by atoms with E-state index in [9.17, 15) is 13.2 Å². The predicted molar refractivity (Wildman–Crippen MR) is 82.1 cm³/mol. The number of nitrogens with zero attached hydrogens (tertiary/aromatic N) is 4. The second-order valence-corrected chi connectivity index (χ2v) is 7.02. The molecule has 8 nitrogen and oxygen atoms in total. The summed E-state index contributed by atoms with van der Waals surface area (Å²) in [6.45, 7) is 4.84. The number of carbonyl (C=O) groups excluding carboxylic acids is 1. The van der Waals surface area contributed by atoms with Crippen molar-refractivity contribution in [2.45, 2.75) is 25.5 Å². The Morgan fingerprint density at radius 2 is 2.14 bits per heavy atom. The zero-order chi connectivity index (χ0) is 16.2.